The van der Waals surface area contributed by atoms with Crippen molar-refractivity contribution in [2.24, 2.45) is 0 Å². The Labute approximate surface area is 191 Å². The fourth-order valence-electron chi connectivity index (χ4n) is 3.45. The number of aryl methyl sites for hydroxylation is 1. The van der Waals surface area contributed by atoms with E-state index in [1.54, 1.807) is 42.6 Å². The van der Waals surface area contributed by atoms with Crippen LogP contribution in [0.4, 0.5) is 17.2 Å². The standard InChI is InChI=1S/C26H22N4O3/c1-17-2-4-18(5-3-17)25-27-13-12-24(30-25)28-20-8-6-19(7-9-20)26(31)29-21-10-11-22-23(16-21)33-15-14-32-22/h2-13,16H,14-15H2,1H3,(H,29,31)(H,27,28,30). The monoisotopic (exact) mass is 438 g/mol. The van der Waals surface area contributed by atoms with Crippen molar-refractivity contribution in [1.82, 2.24) is 9.97 Å². The van der Waals surface area contributed by atoms with Gasteiger partial charge in [-0.15, -0.1) is 0 Å². The largest absolute Gasteiger partial charge is 0.486 e. The van der Waals surface area contributed by atoms with E-state index in [1.807, 2.05) is 43.3 Å². The predicted molar refractivity (Wildman–Crippen MR) is 127 cm³/mol. The molecule has 1 aliphatic heterocycles. The summed E-state index contributed by atoms with van der Waals surface area (Å²) >= 11 is 0. The Kier molecular flexibility index (Phi) is 5.59. The van der Waals surface area contributed by atoms with Crippen LogP contribution in [-0.2, 0) is 0 Å². The Morgan fingerprint density at radius 1 is 0.848 bits per heavy atom. The summed E-state index contributed by atoms with van der Waals surface area (Å²) in [6.07, 6.45) is 1.72. The number of rotatable bonds is 5. The number of benzene rings is 3. The van der Waals surface area contributed by atoms with Crippen LogP contribution in [0.2, 0.25) is 0 Å². The van der Waals surface area contributed by atoms with Gasteiger partial charge in [-0.05, 0) is 49.4 Å². The van der Waals surface area contributed by atoms with Gasteiger partial charge in [-0.3, -0.25) is 4.79 Å². The van der Waals surface area contributed by atoms with E-state index in [9.17, 15) is 4.79 Å². The first-order chi connectivity index (χ1) is 16.1. The summed E-state index contributed by atoms with van der Waals surface area (Å²) in [4.78, 5) is 21.6. The van der Waals surface area contributed by atoms with Gasteiger partial charge in [-0.1, -0.05) is 29.8 Å². The molecule has 0 spiro atoms. The number of hydrogen-bond acceptors (Lipinski definition) is 6. The van der Waals surface area contributed by atoms with Gasteiger partial charge in [0.05, 0.1) is 0 Å². The van der Waals surface area contributed by atoms with Crippen molar-refractivity contribution < 1.29 is 14.3 Å². The van der Waals surface area contributed by atoms with Crippen molar-refractivity contribution in [2.75, 3.05) is 23.8 Å². The molecule has 0 saturated heterocycles. The van der Waals surface area contributed by atoms with Crippen LogP contribution in [0.5, 0.6) is 11.5 Å². The van der Waals surface area contributed by atoms with Gasteiger partial charge >= 0.3 is 0 Å². The molecule has 0 fully saturated rings. The van der Waals surface area contributed by atoms with Gasteiger partial charge in [0, 0.05) is 34.8 Å². The van der Waals surface area contributed by atoms with Crippen molar-refractivity contribution in [3.05, 3.63) is 90.1 Å². The van der Waals surface area contributed by atoms with Crippen molar-refractivity contribution in [3.8, 4) is 22.9 Å². The molecule has 2 heterocycles. The smallest absolute Gasteiger partial charge is 0.255 e. The number of amides is 1. The highest BCUT2D eigenvalue weighted by Crippen LogP contribution is 2.32. The number of anilines is 3. The summed E-state index contributed by atoms with van der Waals surface area (Å²) in [5, 5.41) is 6.15. The zero-order valence-electron chi connectivity index (χ0n) is 18.0. The van der Waals surface area contributed by atoms with Crippen LogP contribution in [0.25, 0.3) is 11.4 Å². The molecule has 1 amide bonds. The fourth-order valence-corrected chi connectivity index (χ4v) is 3.45. The third kappa shape index (κ3) is 4.77. The molecule has 5 rings (SSSR count). The molecule has 0 unspecified atom stereocenters. The summed E-state index contributed by atoms with van der Waals surface area (Å²) in [6.45, 7) is 3.07. The van der Waals surface area contributed by atoms with Crippen molar-refractivity contribution in [3.63, 3.8) is 0 Å². The SMILES string of the molecule is Cc1ccc(-c2nccc(Nc3ccc(C(=O)Nc4ccc5c(c4)OCCO5)cc3)n2)cc1. The molecular formula is C26H22N4O3. The molecule has 1 aliphatic rings. The third-order valence-corrected chi connectivity index (χ3v) is 5.18. The minimum Gasteiger partial charge on any atom is -0.486 e. The first kappa shape index (κ1) is 20.5. The first-order valence-electron chi connectivity index (χ1n) is 10.6. The van der Waals surface area contributed by atoms with E-state index in [-0.39, 0.29) is 5.91 Å². The maximum Gasteiger partial charge on any atom is 0.255 e. The minimum atomic E-state index is -0.207. The van der Waals surface area contributed by atoms with Gasteiger partial charge in [0.1, 0.15) is 19.0 Å². The van der Waals surface area contributed by atoms with E-state index in [4.69, 9.17) is 9.47 Å². The number of carbonyl (C=O) groups is 1. The normalized spacial score (nSPS) is 12.2. The lowest BCUT2D eigenvalue weighted by Gasteiger charge is -2.19. The Bertz CT molecular complexity index is 1290. The molecule has 164 valence electrons. The van der Waals surface area contributed by atoms with Crippen LogP contribution >= 0.6 is 0 Å². The van der Waals surface area contributed by atoms with Gasteiger partial charge < -0.3 is 20.1 Å². The van der Waals surface area contributed by atoms with E-state index in [2.05, 4.69) is 20.6 Å². The third-order valence-electron chi connectivity index (χ3n) is 5.18. The van der Waals surface area contributed by atoms with E-state index in [0.29, 0.717) is 47.6 Å². The van der Waals surface area contributed by atoms with Crippen LogP contribution in [0.15, 0.2) is 79.0 Å². The summed E-state index contributed by atoms with van der Waals surface area (Å²) in [7, 11) is 0. The maximum absolute atomic E-state index is 12.7. The second kappa shape index (κ2) is 9.00. The number of hydrogen-bond donors (Lipinski definition) is 2. The molecule has 0 bridgehead atoms. The number of aromatic nitrogens is 2. The van der Waals surface area contributed by atoms with Crippen molar-refractivity contribution >= 4 is 23.1 Å². The molecular weight excluding hydrogens is 416 g/mol. The molecule has 2 N–H and O–H groups in total. The van der Waals surface area contributed by atoms with E-state index < -0.39 is 0 Å². The molecule has 1 aromatic heterocycles. The lowest BCUT2D eigenvalue weighted by atomic mass is 10.1. The average Bonchev–Trinajstić information content (AvgIpc) is 2.85. The topological polar surface area (TPSA) is 85.4 Å². The maximum atomic E-state index is 12.7. The van der Waals surface area contributed by atoms with Crippen molar-refractivity contribution in [2.45, 2.75) is 6.92 Å². The van der Waals surface area contributed by atoms with E-state index in [1.165, 1.54) is 5.56 Å². The Morgan fingerprint density at radius 3 is 2.36 bits per heavy atom. The number of ether oxygens (including phenoxy) is 2. The molecule has 4 aromatic rings. The van der Waals surface area contributed by atoms with Gasteiger partial charge in [0.2, 0.25) is 0 Å². The number of fused-ring (bicyclic) bond motifs is 1. The number of nitrogens with zero attached hydrogens (tertiary/aromatic N) is 2. The Morgan fingerprint density at radius 2 is 1.58 bits per heavy atom. The zero-order valence-corrected chi connectivity index (χ0v) is 18.0. The van der Waals surface area contributed by atoms with Crippen LogP contribution in [0, 0.1) is 6.92 Å². The molecule has 7 nitrogen and oxygen atoms in total. The van der Waals surface area contributed by atoms with Gasteiger partial charge in [0.25, 0.3) is 5.91 Å². The summed E-state index contributed by atoms with van der Waals surface area (Å²) < 4.78 is 11.1. The molecule has 0 atom stereocenters. The lowest BCUT2D eigenvalue weighted by Crippen LogP contribution is -2.16. The predicted octanol–water partition coefficient (Wildman–Crippen LogP) is 5.22. The van der Waals surface area contributed by atoms with Gasteiger partial charge in [0.15, 0.2) is 17.3 Å². The summed E-state index contributed by atoms with van der Waals surface area (Å²) in [5.41, 5.74) is 4.15. The van der Waals surface area contributed by atoms with Crippen LogP contribution < -0.4 is 20.1 Å². The van der Waals surface area contributed by atoms with Gasteiger partial charge in [-0.2, -0.15) is 0 Å². The number of carbonyl (C=O) groups excluding carboxylic acids is 1. The highest BCUT2D eigenvalue weighted by atomic mass is 16.6. The quantitative estimate of drug-likeness (QED) is 0.444. The Balaban J connectivity index is 1.25. The second-order valence-corrected chi connectivity index (χ2v) is 7.65. The van der Waals surface area contributed by atoms with E-state index in [0.717, 1.165) is 11.3 Å². The van der Waals surface area contributed by atoms with Crippen LogP contribution in [0.1, 0.15) is 15.9 Å². The average molecular weight is 438 g/mol. The Hall–Kier alpha value is -4.39. The van der Waals surface area contributed by atoms with Gasteiger partial charge in [-0.25, -0.2) is 9.97 Å². The highest BCUT2D eigenvalue weighted by Gasteiger charge is 2.13. The summed E-state index contributed by atoms with van der Waals surface area (Å²) in [5.74, 6) is 2.43. The van der Waals surface area contributed by atoms with E-state index >= 15 is 0 Å². The van der Waals surface area contributed by atoms with Crippen molar-refractivity contribution in [1.29, 1.82) is 0 Å². The number of nitrogens with one attached hydrogen (secondary N) is 2. The second-order valence-electron chi connectivity index (χ2n) is 7.65. The van der Waals surface area contributed by atoms with Crippen LogP contribution in [0.3, 0.4) is 0 Å². The summed E-state index contributed by atoms with van der Waals surface area (Å²) in [6, 6.07) is 22.4. The fraction of sp³-hybridized carbons (Fsp3) is 0.115. The molecule has 3 aromatic carbocycles. The molecule has 0 radical (unpaired) electrons. The zero-order chi connectivity index (χ0) is 22.6. The molecule has 7 heteroatoms. The first-order valence-corrected chi connectivity index (χ1v) is 10.6. The molecule has 0 aliphatic carbocycles. The highest BCUT2D eigenvalue weighted by molar-refractivity contribution is 6.04. The van der Waals surface area contributed by atoms with Crippen LogP contribution in [-0.4, -0.2) is 29.1 Å². The minimum absolute atomic E-state index is 0.207. The molecule has 33 heavy (non-hydrogen) atoms. The molecule has 0 saturated carbocycles. The lowest BCUT2D eigenvalue weighted by molar-refractivity contribution is 0.102.